The highest BCUT2D eigenvalue weighted by atomic mass is 16.5. The van der Waals surface area contributed by atoms with Crippen LogP contribution in [-0.4, -0.2) is 51.5 Å². The summed E-state index contributed by atoms with van der Waals surface area (Å²) in [4.78, 5) is 26.7. The summed E-state index contributed by atoms with van der Waals surface area (Å²) in [7, 11) is 0. The average Bonchev–Trinajstić information content (AvgIpc) is 3.38. The highest BCUT2D eigenvalue weighted by molar-refractivity contribution is 6.27. The van der Waals surface area contributed by atoms with Crippen molar-refractivity contribution in [2.24, 2.45) is 0 Å². The summed E-state index contributed by atoms with van der Waals surface area (Å²) in [6.07, 6.45) is 17.0. The van der Waals surface area contributed by atoms with Gasteiger partial charge in [-0.05, 0) is 106 Å². The van der Waals surface area contributed by atoms with E-state index in [1.807, 2.05) is 84.9 Å². The van der Waals surface area contributed by atoms with Gasteiger partial charge in [0.15, 0.2) is 47.7 Å². The summed E-state index contributed by atoms with van der Waals surface area (Å²) in [6, 6.07) is 32.0. The maximum Gasteiger partial charge on any atom is 0.258 e. The van der Waals surface area contributed by atoms with Gasteiger partial charge >= 0.3 is 0 Å². The third-order valence-corrected chi connectivity index (χ3v) is 12.5. The number of fused-ring (bicyclic) bond motifs is 6. The molecule has 70 heavy (non-hydrogen) atoms. The van der Waals surface area contributed by atoms with E-state index in [1.54, 1.807) is 0 Å². The van der Waals surface area contributed by atoms with E-state index in [9.17, 15) is 9.59 Å². The third kappa shape index (κ3) is 16.5. The van der Waals surface area contributed by atoms with Crippen LogP contribution < -0.4 is 39.1 Å². The van der Waals surface area contributed by atoms with Crippen molar-refractivity contribution in [1.82, 2.24) is 10.6 Å². The molecule has 0 atom stereocenters. The summed E-state index contributed by atoms with van der Waals surface area (Å²) in [5, 5.41) is 11.5. The van der Waals surface area contributed by atoms with Crippen molar-refractivity contribution in [2.45, 2.75) is 144 Å². The number of carbonyl (C=O) groups is 2. The van der Waals surface area contributed by atoms with E-state index in [1.165, 1.54) is 0 Å². The number of unbranched alkanes of at least 4 members (excludes halogenated alkanes) is 12. The zero-order valence-electron chi connectivity index (χ0n) is 42.5. The molecule has 0 radical (unpaired) electrons. The Labute approximate surface area is 417 Å². The number of hydrogen-bond donors (Lipinski definition) is 2. The number of benzene rings is 6. The van der Waals surface area contributed by atoms with E-state index in [0.717, 1.165) is 146 Å². The fourth-order valence-corrected chi connectivity index (χ4v) is 8.52. The number of nitrogens with one attached hydrogen (secondary N) is 2. The third-order valence-electron chi connectivity index (χ3n) is 12.5. The highest BCUT2D eigenvalue weighted by Crippen LogP contribution is 2.47. The Morgan fingerprint density at radius 2 is 0.600 bits per heavy atom. The smallest absolute Gasteiger partial charge is 0.258 e. The molecule has 2 amide bonds. The maximum absolute atomic E-state index is 13.3. The van der Waals surface area contributed by atoms with Gasteiger partial charge in [0.1, 0.15) is 0 Å². The van der Waals surface area contributed by atoms with E-state index >= 15 is 0 Å². The fraction of sp³-hybridized carbons (Fsp3) is 0.467. The van der Waals surface area contributed by atoms with Gasteiger partial charge in [-0.3, -0.25) is 9.59 Å². The summed E-state index contributed by atoms with van der Waals surface area (Å²) in [6.45, 7) is 11.4. The van der Waals surface area contributed by atoms with Crippen LogP contribution in [0.1, 0.15) is 142 Å². The molecule has 6 aromatic carbocycles. The highest BCUT2D eigenvalue weighted by Gasteiger charge is 2.21. The Morgan fingerprint density at radius 1 is 0.343 bits per heavy atom. The first kappa shape index (κ1) is 53.2. The largest absolute Gasteiger partial charge is 0.490 e. The van der Waals surface area contributed by atoms with Crippen LogP contribution in [0.25, 0.3) is 32.3 Å². The van der Waals surface area contributed by atoms with Crippen LogP contribution in [-0.2, 0) is 22.7 Å². The molecule has 0 spiro atoms. The van der Waals surface area contributed by atoms with E-state index in [4.69, 9.17) is 28.4 Å². The average molecular weight is 955 g/mol. The number of carbonyl (C=O) groups excluding carboxylic acids is 2. The SMILES string of the molecule is CCCCCCOc1cc2c(cc1OCCCCCC)c1cc(OCC(=O)NCc3ccccc3)c(OCCCCCC)cc1c1cc(OCCCCCC)c(OCC(=O)NCc3ccccc3)cc21. The molecule has 6 aromatic rings. The summed E-state index contributed by atoms with van der Waals surface area (Å²) >= 11 is 0. The lowest BCUT2D eigenvalue weighted by molar-refractivity contribution is -0.124. The molecule has 10 heteroatoms. The van der Waals surface area contributed by atoms with E-state index in [2.05, 4.69) is 50.5 Å². The van der Waals surface area contributed by atoms with Crippen LogP contribution in [0, 0.1) is 0 Å². The van der Waals surface area contributed by atoms with Gasteiger partial charge in [0, 0.05) is 13.1 Å². The van der Waals surface area contributed by atoms with Crippen molar-refractivity contribution < 1.29 is 38.0 Å². The Kier molecular flexibility index (Phi) is 22.6. The first-order valence-electron chi connectivity index (χ1n) is 26.4. The molecule has 6 rings (SSSR count). The molecule has 0 aliphatic carbocycles. The van der Waals surface area contributed by atoms with Crippen LogP contribution in [0.2, 0.25) is 0 Å². The summed E-state index contributed by atoms with van der Waals surface area (Å²) in [5.41, 5.74) is 2.01. The predicted octanol–water partition coefficient (Wildman–Crippen LogP) is 14.4. The van der Waals surface area contributed by atoms with Gasteiger partial charge in [-0.15, -0.1) is 0 Å². The van der Waals surface area contributed by atoms with Gasteiger partial charge in [-0.1, -0.05) is 165 Å². The first-order valence-corrected chi connectivity index (χ1v) is 26.4. The minimum absolute atomic E-state index is 0.187. The van der Waals surface area contributed by atoms with Crippen LogP contribution in [0.5, 0.6) is 34.5 Å². The molecule has 0 aliphatic rings. The Morgan fingerprint density at radius 3 is 0.857 bits per heavy atom. The minimum atomic E-state index is -0.234. The molecule has 0 saturated heterocycles. The van der Waals surface area contributed by atoms with Crippen molar-refractivity contribution in [1.29, 1.82) is 0 Å². The molecule has 0 fully saturated rings. The Hall–Kier alpha value is -6.16. The van der Waals surface area contributed by atoms with Crippen molar-refractivity contribution in [3.05, 3.63) is 108 Å². The van der Waals surface area contributed by atoms with Crippen molar-refractivity contribution in [3.8, 4) is 34.5 Å². The van der Waals surface area contributed by atoms with Crippen LogP contribution in [0.4, 0.5) is 0 Å². The van der Waals surface area contributed by atoms with Gasteiger partial charge in [-0.25, -0.2) is 0 Å². The lowest BCUT2D eigenvalue weighted by Gasteiger charge is -2.20. The van der Waals surface area contributed by atoms with Gasteiger partial charge in [0.05, 0.1) is 26.4 Å². The second-order valence-corrected chi connectivity index (χ2v) is 18.3. The first-order chi connectivity index (χ1) is 34.4. The summed E-state index contributed by atoms with van der Waals surface area (Å²) in [5.74, 6) is 2.95. The number of hydrogen-bond acceptors (Lipinski definition) is 8. The Bertz CT molecular complexity index is 2320. The van der Waals surface area contributed by atoms with Crippen molar-refractivity contribution in [2.75, 3.05) is 39.6 Å². The van der Waals surface area contributed by atoms with Crippen LogP contribution in [0.15, 0.2) is 97.1 Å². The molecule has 0 aliphatic heterocycles. The van der Waals surface area contributed by atoms with E-state index < -0.39 is 0 Å². The Balaban J connectivity index is 1.49. The lowest BCUT2D eigenvalue weighted by atomic mass is 9.93. The molecule has 0 saturated carbocycles. The van der Waals surface area contributed by atoms with Gasteiger partial charge in [0.25, 0.3) is 11.8 Å². The second kappa shape index (κ2) is 29.8. The lowest BCUT2D eigenvalue weighted by Crippen LogP contribution is -2.28. The normalized spacial score (nSPS) is 11.2. The van der Waals surface area contributed by atoms with E-state index in [0.29, 0.717) is 74.0 Å². The zero-order valence-corrected chi connectivity index (χ0v) is 42.5. The van der Waals surface area contributed by atoms with Crippen LogP contribution in [0.3, 0.4) is 0 Å². The molecule has 0 bridgehead atoms. The number of amides is 2. The number of ether oxygens (including phenoxy) is 6. The molecular weight excluding hydrogens is 877 g/mol. The molecule has 10 nitrogen and oxygen atoms in total. The monoisotopic (exact) mass is 955 g/mol. The van der Waals surface area contributed by atoms with Crippen LogP contribution >= 0.6 is 0 Å². The summed E-state index contributed by atoms with van der Waals surface area (Å²) < 4.78 is 39.3. The van der Waals surface area contributed by atoms with Crippen molar-refractivity contribution in [3.63, 3.8) is 0 Å². The van der Waals surface area contributed by atoms with E-state index in [-0.39, 0.29) is 25.0 Å². The second-order valence-electron chi connectivity index (χ2n) is 18.3. The topological polar surface area (TPSA) is 114 Å². The van der Waals surface area contributed by atoms with Gasteiger partial charge in [-0.2, -0.15) is 0 Å². The van der Waals surface area contributed by atoms with Crippen molar-refractivity contribution >= 4 is 44.1 Å². The molecule has 2 N–H and O–H groups in total. The standard InChI is InChI=1S/C60H78N2O8/c1-5-9-13-23-31-65-53-35-47-48(36-54(53)66-32-24-14-10-6-2)52-40-58(70-44-60(64)62-42-46-29-21-18-22-30-46)56(68-34-26-16-12-8-4)38-50(52)49-37-55(67-33-25-15-11-7-3)57(39-51(47)49)69-43-59(63)61-41-45-27-19-17-20-28-45/h17-22,27-30,35-40H,5-16,23-26,31-34,41-44H2,1-4H3,(H,61,63)(H,62,64). The molecule has 0 unspecified atom stereocenters. The predicted molar refractivity (Wildman–Crippen MR) is 285 cm³/mol. The minimum Gasteiger partial charge on any atom is -0.490 e. The molecule has 376 valence electrons. The number of rotatable bonds is 34. The van der Waals surface area contributed by atoms with Gasteiger partial charge < -0.3 is 39.1 Å². The maximum atomic E-state index is 13.3. The molecule has 0 heterocycles. The molecular formula is C60H78N2O8. The molecule has 0 aromatic heterocycles. The quantitative estimate of drug-likeness (QED) is 0.0304. The fourth-order valence-electron chi connectivity index (χ4n) is 8.52. The zero-order chi connectivity index (χ0) is 49.2. The van der Waals surface area contributed by atoms with Gasteiger partial charge in [0.2, 0.25) is 0 Å².